The monoisotopic (exact) mass is 298 g/mol. The molecule has 0 unspecified atom stereocenters. The smallest absolute Gasteiger partial charge is 0.407 e. The minimum absolute atomic E-state index is 0.382. The van der Waals surface area contributed by atoms with Gasteiger partial charge in [-0.05, 0) is 32.6 Å². The first-order chi connectivity index (χ1) is 10.5. The Hall–Kier alpha value is -2.36. The third-order valence-electron chi connectivity index (χ3n) is 2.98. The number of alkyl carbamates (subject to hydrolysis) is 1. The number of nitrogens with zero attached hydrogens (tertiary/aromatic N) is 1. The molecular weight excluding hydrogens is 276 g/mol. The molecule has 4 heteroatoms. The number of hydrogen-bond acceptors (Lipinski definition) is 3. The lowest BCUT2D eigenvalue weighted by atomic mass is 10.1. The number of amides is 1. The maximum Gasteiger partial charge on any atom is 0.407 e. The van der Waals surface area contributed by atoms with E-state index < -0.39 is 5.60 Å². The molecular formula is C18H22N2O2. The number of ether oxygens (including phenoxy) is 1. The van der Waals surface area contributed by atoms with Gasteiger partial charge in [-0.25, -0.2) is 4.79 Å². The van der Waals surface area contributed by atoms with Crippen LogP contribution in [0.3, 0.4) is 0 Å². The zero-order valence-corrected chi connectivity index (χ0v) is 13.3. The second kappa shape index (κ2) is 7.07. The second-order valence-electron chi connectivity index (χ2n) is 6.07. The Morgan fingerprint density at radius 2 is 2.05 bits per heavy atom. The third kappa shape index (κ3) is 4.88. The van der Waals surface area contributed by atoms with Crippen LogP contribution in [-0.2, 0) is 4.74 Å². The van der Waals surface area contributed by atoms with E-state index in [1.54, 1.807) is 0 Å². The van der Waals surface area contributed by atoms with Crippen molar-refractivity contribution in [1.29, 1.82) is 0 Å². The van der Waals surface area contributed by atoms with E-state index in [1.165, 1.54) is 5.39 Å². The van der Waals surface area contributed by atoms with E-state index in [1.807, 2.05) is 63.5 Å². The molecule has 1 heterocycles. The highest BCUT2D eigenvalue weighted by atomic mass is 16.6. The summed E-state index contributed by atoms with van der Waals surface area (Å²) in [4.78, 5) is 15.7. The first-order valence-electron chi connectivity index (χ1n) is 7.42. The van der Waals surface area contributed by atoms with Crippen molar-refractivity contribution in [3.8, 4) is 0 Å². The number of benzene rings is 1. The Morgan fingerprint density at radius 3 is 2.82 bits per heavy atom. The fourth-order valence-electron chi connectivity index (χ4n) is 2.05. The van der Waals surface area contributed by atoms with Gasteiger partial charge in [-0.3, -0.25) is 4.98 Å². The van der Waals surface area contributed by atoms with E-state index in [-0.39, 0.29) is 6.09 Å². The van der Waals surface area contributed by atoms with Gasteiger partial charge < -0.3 is 10.1 Å². The standard InChI is InChI=1S/C18H22N2O2/c1-18(2,3)22-17(21)20-11-7-6-9-15-13-19-12-14-8-4-5-10-16(14)15/h4-6,8-10,12-13H,7,11H2,1-3H3,(H,20,21). The Bertz CT molecular complexity index is 667. The minimum Gasteiger partial charge on any atom is -0.444 e. The summed E-state index contributed by atoms with van der Waals surface area (Å²) in [5.74, 6) is 0. The van der Waals surface area contributed by atoms with Gasteiger partial charge in [0.25, 0.3) is 0 Å². The summed E-state index contributed by atoms with van der Waals surface area (Å²) in [6.45, 7) is 6.09. The lowest BCUT2D eigenvalue weighted by molar-refractivity contribution is 0.0529. The summed E-state index contributed by atoms with van der Waals surface area (Å²) in [7, 11) is 0. The number of pyridine rings is 1. The molecule has 0 radical (unpaired) electrons. The third-order valence-corrected chi connectivity index (χ3v) is 2.98. The molecule has 0 aliphatic carbocycles. The first kappa shape index (κ1) is 16.0. The maximum absolute atomic E-state index is 11.5. The van der Waals surface area contributed by atoms with Crippen LogP contribution >= 0.6 is 0 Å². The van der Waals surface area contributed by atoms with Gasteiger partial charge in [0.2, 0.25) is 0 Å². The molecule has 0 bridgehead atoms. The number of carbonyl (C=O) groups excluding carboxylic acids is 1. The van der Waals surface area contributed by atoms with Crippen LogP contribution in [0.15, 0.2) is 42.7 Å². The SMILES string of the molecule is CC(C)(C)OC(=O)NCCC=Cc1cncc2ccccc12. The summed E-state index contributed by atoms with van der Waals surface area (Å²) in [6.07, 6.45) is 8.12. The molecule has 0 spiro atoms. The van der Waals surface area contributed by atoms with Gasteiger partial charge in [-0.1, -0.05) is 36.4 Å². The summed E-state index contributed by atoms with van der Waals surface area (Å²) in [6, 6.07) is 8.14. The quantitative estimate of drug-likeness (QED) is 0.862. The predicted octanol–water partition coefficient (Wildman–Crippen LogP) is 4.16. The summed E-state index contributed by atoms with van der Waals surface area (Å²) < 4.78 is 5.18. The van der Waals surface area contributed by atoms with Crippen molar-refractivity contribution >= 4 is 22.9 Å². The fourth-order valence-corrected chi connectivity index (χ4v) is 2.05. The molecule has 1 aromatic heterocycles. The van der Waals surface area contributed by atoms with Gasteiger partial charge in [-0.15, -0.1) is 0 Å². The summed E-state index contributed by atoms with van der Waals surface area (Å²) >= 11 is 0. The van der Waals surface area contributed by atoms with Gasteiger partial charge in [0.1, 0.15) is 5.60 Å². The molecule has 0 saturated heterocycles. The molecule has 0 aliphatic rings. The average Bonchev–Trinajstić information content (AvgIpc) is 2.45. The lowest BCUT2D eigenvalue weighted by Gasteiger charge is -2.19. The number of aromatic nitrogens is 1. The van der Waals surface area contributed by atoms with Gasteiger partial charge in [-0.2, -0.15) is 0 Å². The highest BCUT2D eigenvalue weighted by molar-refractivity contribution is 5.89. The van der Waals surface area contributed by atoms with Gasteiger partial charge in [0, 0.05) is 29.9 Å². The zero-order valence-electron chi connectivity index (χ0n) is 13.3. The van der Waals surface area contributed by atoms with Crippen molar-refractivity contribution in [2.75, 3.05) is 6.54 Å². The zero-order chi connectivity index (χ0) is 16.0. The Labute approximate surface area is 131 Å². The van der Waals surface area contributed by atoms with Crippen LogP contribution in [0, 0.1) is 0 Å². The molecule has 0 atom stereocenters. The predicted molar refractivity (Wildman–Crippen MR) is 89.6 cm³/mol. The molecule has 4 nitrogen and oxygen atoms in total. The van der Waals surface area contributed by atoms with Crippen molar-refractivity contribution in [3.63, 3.8) is 0 Å². The van der Waals surface area contributed by atoms with Crippen LogP contribution in [0.1, 0.15) is 32.8 Å². The molecule has 0 fully saturated rings. The van der Waals surface area contributed by atoms with Crippen molar-refractivity contribution < 1.29 is 9.53 Å². The first-order valence-corrected chi connectivity index (χ1v) is 7.42. The van der Waals surface area contributed by atoms with E-state index in [9.17, 15) is 4.79 Å². The normalized spacial score (nSPS) is 11.8. The Kier molecular flexibility index (Phi) is 5.15. The number of hydrogen-bond donors (Lipinski definition) is 1. The average molecular weight is 298 g/mol. The molecule has 22 heavy (non-hydrogen) atoms. The summed E-state index contributed by atoms with van der Waals surface area (Å²) in [5, 5.41) is 5.03. The van der Waals surface area contributed by atoms with E-state index in [4.69, 9.17) is 4.74 Å². The molecule has 2 rings (SSSR count). The molecule has 116 valence electrons. The number of carbonyl (C=O) groups is 1. The highest BCUT2D eigenvalue weighted by Gasteiger charge is 2.15. The van der Waals surface area contributed by atoms with Crippen LogP contribution in [0.4, 0.5) is 4.79 Å². The molecule has 0 saturated carbocycles. The van der Waals surface area contributed by atoms with Crippen LogP contribution in [0.2, 0.25) is 0 Å². The Balaban J connectivity index is 1.86. The fraction of sp³-hybridized carbons (Fsp3) is 0.333. The van der Waals surface area contributed by atoms with Crippen LogP contribution in [-0.4, -0.2) is 23.2 Å². The van der Waals surface area contributed by atoms with Crippen LogP contribution in [0.25, 0.3) is 16.8 Å². The van der Waals surface area contributed by atoms with Crippen molar-refractivity contribution in [2.24, 2.45) is 0 Å². The Morgan fingerprint density at radius 1 is 1.27 bits per heavy atom. The van der Waals surface area contributed by atoms with Crippen LogP contribution in [0.5, 0.6) is 0 Å². The molecule has 1 amide bonds. The maximum atomic E-state index is 11.5. The van der Waals surface area contributed by atoms with Crippen molar-refractivity contribution in [2.45, 2.75) is 32.8 Å². The molecule has 0 aliphatic heterocycles. The number of fused-ring (bicyclic) bond motifs is 1. The van der Waals surface area contributed by atoms with E-state index in [0.29, 0.717) is 6.54 Å². The van der Waals surface area contributed by atoms with Crippen LogP contribution < -0.4 is 5.32 Å². The highest BCUT2D eigenvalue weighted by Crippen LogP contribution is 2.18. The van der Waals surface area contributed by atoms with Gasteiger partial charge >= 0.3 is 6.09 Å². The minimum atomic E-state index is -0.464. The lowest BCUT2D eigenvalue weighted by Crippen LogP contribution is -2.32. The van der Waals surface area contributed by atoms with Gasteiger partial charge in [0.05, 0.1) is 0 Å². The van der Waals surface area contributed by atoms with Crippen molar-refractivity contribution in [3.05, 3.63) is 48.3 Å². The molecule has 1 N–H and O–H groups in total. The number of rotatable bonds is 4. The topological polar surface area (TPSA) is 51.2 Å². The number of nitrogens with one attached hydrogen (secondary N) is 1. The largest absolute Gasteiger partial charge is 0.444 e. The molecule has 2 aromatic rings. The van der Waals surface area contributed by atoms with E-state index >= 15 is 0 Å². The van der Waals surface area contributed by atoms with Crippen molar-refractivity contribution in [1.82, 2.24) is 10.3 Å². The van der Waals surface area contributed by atoms with E-state index in [2.05, 4.69) is 16.4 Å². The second-order valence-corrected chi connectivity index (χ2v) is 6.07. The van der Waals surface area contributed by atoms with Gasteiger partial charge in [0.15, 0.2) is 0 Å². The van der Waals surface area contributed by atoms with E-state index in [0.717, 1.165) is 17.4 Å². The summed E-state index contributed by atoms with van der Waals surface area (Å²) in [5.41, 5.74) is 0.615. The molecule has 1 aromatic carbocycles.